The lowest BCUT2D eigenvalue weighted by molar-refractivity contribution is -0.00340. The summed E-state index contributed by atoms with van der Waals surface area (Å²) in [5, 5.41) is 10.2. The Morgan fingerprint density at radius 1 is 0.909 bits per heavy atom. The van der Waals surface area contributed by atoms with Crippen molar-refractivity contribution in [3.05, 3.63) is 0 Å². The molecule has 2 aliphatic rings. The summed E-state index contributed by atoms with van der Waals surface area (Å²) in [6.07, 6.45) is 9.96. The summed E-state index contributed by atoms with van der Waals surface area (Å²) in [6, 6.07) is 0. The molecule has 2 rings (SSSR count). The van der Waals surface area contributed by atoms with Crippen LogP contribution >= 0.6 is 0 Å². The van der Waals surface area contributed by atoms with Crippen molar-refractivity contribution in [2.24, 2.45) is 5.92 Å². The third kappa shape index (κ3) is 1.31. The van der Waals surface area contributed by atoms with Gasteiger partial charge in [-0.1, -0.05) is 25.7 Å². The molecule has 0 amide bonds. The Labute approximate surface area is 68.8 Å². The minimum Gasteiger partial charge on any atom is -0.390 e. The molecule has 2 saturated carbocycles. The number of aliphatic hydroxyl groups is 1. The van der Waals surface area contributed by atoms with E-state index < -0.39 is 0 Å². The fourth-order valence-electron chi connectivity index (χ4n) is 2.87. The summed E-state index contributed by atoms with van der Waals surface area (Å²) >= 11 is 0. The van der Waals surface area contributed by atoms with Crippen LogP contribution in [0.3, 0.4) is 0 Å². The maximum absolute atomic E-state index is 10.2. The lowest BCUT2D eigenvalue weighted by atomic mass is 9.87. The Balaban J connectivity index is 2.09. The zero-order chi connectivity index (χ0) is 7.73. The van der Waals surface area contributed by atoms with Gasteiger partial charge >= 0.3 is 0 Å². The first-order chi connectivity index (χ1) is 5.31. The molecule has 64 valence electrons. The summed E-state index contributed by atoms with van der Waals surface area (Å²) in [6.45, 7) is 0. The summed E-state index contributed by atoms with van der Waals surface area (Å²) in [4.78, 5) is 0. The summed E-state index contributed by atoms with van der Waals surface area (Å²) in [7, 11) is 0. The first kappa shape index (κ1) is 7.60. The Kier molecular flexibility index (Phi) is 1.92. The van der Waals surface area contributed by atoms with Gasteiger partial charge in [-0.15, -0.1) is 0 Å². The van der Waals surface area contributed by atoms with Gasteiger partial charge in [0, 0.05) is 0 Å². The molecule has 0 bridgehead atoms. The van der Waals surface area contributed by atoms with Gasteiger partial charge in [0.1, 0.15) is 0 Å². The van der Waals surface area contributed by atoms with Crippen LogP contribution in [-0.4, -0.2) is 10.7 Å². The highest BCUT2D eigenvalue weighted by Gasteiger charge is 2.40. The van der Waals surface area contributed by atoms with E-state index >= 15 is 0 Å². The van der Waals surface area contributed by atoms with E-state index in [1.807, 2.05) is 0 Å². The smallest absolute Gasteiger partial charge is 0.0675 e. The maximum atomic E-state index is 10.2. The van der Waals surface area contributed by atoms with Gasteiger partial charge in [-0.05, 0) is 31.6 Å². The number of rotatable bonds is 0. The number of fused-ring (bicyclic) bond motifs is 1. The van der Waals surface area contributed by atoms with E-state index in [1.165, 1.54) is 38.5 Å². The van der Waals surface area contributed by atoms with Gasteiger partial charge in [-0.3, -0.25) is 0 Å². The van der Waals surface area contributed by atoms with Gasteiger partial charge in [0.05, 0.1) is 5.60 Å². The molecule has 2 aliphatic carbocycles. The van der Waals surface area contributed by atoms with Crippen molar-refractivity contribution in [1.29, 1.82) is 0 Å². The van der Waals surface area contributed by atoms with E-state index in [4.69, 9.17) is 0 Å². The second kappa shape index (κ2) is 2.78. The molecule has 0 aliphatic heterocycles. The fourth-order valence-corrected chi connectivity index (χ4v) is 2.87. The highest BCUT2D eigenvalue weighted by atomic mass is 16.3. The summed E-state index contributed by atoms with van der Waals surface area (Å²) in [5.74, 6) is 0.657. The van der Waals surface area contributed by atoms with Gasteiger partial charge in [0.25, 0.3) is 0 Å². The van der Waals surface area contributed by atoms with Crippen molar-refractivity contribution in [3.8, 4) is 0 Å². The predicted octanol–water partition coefficient (Wildman–Crippen LogP) is 2.48. The Morgan fingerprint density at radius 2 is 1.64 bits per heavy atom. The second-order valence-electron chi connectivity index (χ2n) is 4.29. The summed E-state index contributed by atoms with van der Waals surface area (Å²) < 4.78 is 0. The standard InChI is InChI=1S/C10H18O/c11-10-7-3-1-2-5-9(10)6-4-8-10/h9,11H,1-8H2. The molecule has 2 unspecified atom stereocenters. The van der Waals surface area contributed by atoms with Crippen LogP contribution in [0, 0.1) is 5.92 Å². The van der Waals surface area contributed by atoms with Crippen LogP contribution in [0.2, 0.25) is 0 Å². The quantitative estimate of drug-likeness (QED) is 0.568. The van der Waals surface area contributed by atoms with Crippen molar-refractivity contribution < 1.29 is 5.11 Å². The van der Waals surface area contributed by atoms with Gasteiger partial charge in [-0.25, -0.2) is 0 Å². The van der Waals surface area contributed by atoms with Gasteiger partial charge < -0.3 is 5.11 Å². The molecule has 0 aromatic rings. The van der Waals surface area contributed by atoms with Gasteiger partial charge in [0.2, 0.25) is 0 Å². The van der Waals surface area contributed by atoms with Crippen molar-refractivity contribution in [3.63, 3.8) is 0 Å². The van der Waals surface area contributed by atoms with Gasteiger partial charge in [-0.2, -0.15) is 0 Å². The molecular weight excluding hydrogens is 136 g/mol. The number of hydrogen-bond acceptors (Lipinski definition) is 1. The molecule has 0 aromatic carbocycles. The van der Waals surface area contributed by atoms with Crippen molar-refractivity contribution in [2.75, 3.05) is 0 Å². The Bertz CT molecular complexity index is 144. The summed E-state index contributed by atoms with van der Waals surface area (Å²) in [5.41, 5.74) is -0.226. The zero-order valence-electron chi connectivity index (χ0n) is 7.18. The van der Waals surface area contributed by atoms with Gasteiger partial charge in [0.15, 0.2) is 0 Å². The third-order valence-corrected chi connectivity index (χ3v) is 3.58. The molecule has 2 atom stereocenters. The van der Waals surface area contributed by atoms with Crippen LogP contribution in [0.15, 0.2) is 0 Å². The van der Waals surface area contributed by atoms with E-state index in [0.717, 1.165) is 12.8 Å². The van der Waals surface area contributed by atoms with E-state index in [9.17, 15) is 5.11 Å². The lowest BCUT2D eigenvalue weighted by Gasteiger charge is -2.27. The van der Waals surface area contributed by atoms with E-state index in [-0.39, 0.29) is 5.60 Å². The normalized spacial score (nSPS) is 45.0. The molecule has 0 spiro atoms. The molecule has 0 aromatic heterocycles. The third-order valence-electron chi connectivity index (χ3n) is 3.58. The number of hydrogen-bond donors (Lipinski definition) is 1. The first-order valence-corrected chi connectivity index (χ1v) is 5.04. The largest absolute Gasteiger partial charge is 0.390 e. The van der Waals surface area contributed by atoms with Crippen molar-refractivity contribution in [2.45, 2.75) is 57.0 Å². The molecule has 2 fully saturated rings. The average Bonchev–Trinajstić information content (AvgIpc) is 2.24. The van der Waals surface area contributed by atoms with Crippen LogP contribution in [0.5, 0.6) is 0 Å². The molecule has 0 radical (unpaired) electrons. The zero-order valence-corrected chi connectivity index (χ0v) is 7.18. The first-order valence-electron chi connectivity index (χ1n) is 5.04. The van der Waals surface area contributed by atoms with Crippen LogP contribution in [0.1, 0.15) is 51.4 Å². The van der Waals surface area contributed by atoms with Crippen molar-refractivity contribution >= 4 is 0 Å². The van der Waals surface area contributed by atoms with E-state index in [1.54, 1.807) is 0 Å². The minimum atomic E-state index is -0.226. The molecule has 1 heteroatoms. The van der Waals surface area contributed by atoms with Crippen molar-refractivity contribution in [1.82, 2.24) is 0 Å². The van der Waals surface area contributed by atoms with E-state index in [0.29, 0.717) is 5.92 Å². The van der Waals surface area contributed by atoms with Crippen LogP contribution in [0.25, 0.3) is 0 Å². The molecule has 1 nitrogen and oxygen atoms in total. The second-order valence-corrected chi connectivity index (χ2v) is 4.29. The Morgan fingerprint density at radius 3 is 2.55 bits per heavy atom. The predicted molar refractivity (Wildman–Crippen MR) is 45.4 cm³/mol. The maximum Gasteiger partial charge on any atom is 0.0675 e. The molecule has 0 saturated heterocycles. The SMILES string of the molecule is OC12CCCCCC1CCC2. The monoisotopic (exact) mass is 154 g/mol. The molecule has 1 N–H and O–H groups in total. The fraction of sp³-hybridized carbons (Fsp3) is 1.00. The molecular formula is C10H18O. The highest BCUT2D eigenvalue weighted by Crippen LogP contribution is 2.44. The highest BCUT2D eigenvalue weighted by molar-refractivity contribution is 4.93. The Hall–Kier alpha value is -0.0400. The van der Waals surface area contributed by atoms with Crippen LogP contribution in [0.4, 0.5) is 0 Å². The van der Waals surface area contributed by atoms with E-state index in [2.05, 4.69) is 0 Å². The molecule has 0 heterocycles. The average molecular weight is 154 g/mol. The lowest BCUT2D eigenvalue weighted by Crippen LogP contribution is -2.31. The van der Waals surface area contributed by atoms with Crippen LogP contribution in [-0.2, 0) is 0 Å². The molecule has 11 heavy (non-hydrogen) atoms. The topological polar surface area (TPSA) is 20.2 Å². The van der Waals surface area contributed by atoms with Crippen LogP contribution < -0.4 is 0 Å². The minimum absolute atomic E-state index is 0.226.